The SMILES string of the molecule is C=CCC(C(=O)[O-])[N+](C)(C)C.CC(=O)O. The lowest BCUT2D eigenvalue weighted by Gasteiger charge is -2.33. The first-order valence-electron chi connectivity index (χ1n) is 4.45. The second-order valence-electron chi connectivity index (χ2n) is 3.99. The lowest BCUT2D eigenvalue weighted by atomic mass is 10.1. The summed E-state index contributed by atoms with van der Waals surface area (Å²) in [6.45, 7) is 4.58. The third-order valence-corrected chi connectivity index (χ3v) is 1.60. The van der Waals surface area contributed by atoms with E-state index in [-0.39, 0.29) is 0 Å². The normalized spacial score (nSPS) is 12.0. The Bertz CT molecular complexity index is 226. The van der Waals surface area contributed by atoms with Crippen LogP contribution in [0.2, 0.25) is 0 Å². The molecule has 5 nitrogen and oxygen atoms in total. The molecule has 1 atom stereocenters. The molecular weight excluding hydrogens is 198 g/mol. The maximum atomic E-state index is 10.6. The zero-order valence-corrected chi connectivity index (χ0v) is 9.69. The minimum atomic E-state index is -1.02. The minimum Gasteiger partial charge on any atom is -0.544 e. The first-order valence-corrected chi connectivity index (χ1v) is 4.45. The van der Waals surface area contributed by atoms with Crippen LogP contribution in [0.15, 0.2) is 12.7 Å². The molecule has 0 aliphatic carbocycles. The van der Waals surface area contributed by atoms with Gasteiger partial charge in [0.15, 0.2) is 0 Å². The molecule has 0 rings (SSSR count). The molecule has 0 saturated carbocycles. The molecule has 0 aromatic heterocycles. The van der Waals surface area contributed by atoms with Crippen LogP contribution in [0.5, 0.6) is 0 Å². The van der Waals surface area contributed by atoms with E-state index in [1.807, 2.05) is 21.1 Å². The van der Waals surface area contributed by atoms with Crippen molar-refractivity contribution in [1.29, 1.82) is 0 Å². The quantitative estimate of drug-likeness (QED) is 0.507. The van der Waals surface area contributed by atoms with Crippen LogP contribution in [0.4, 0.5) is 0 Å². The van der Waals surface area contributed by atoms with Gasteiger partial charge in [-0.15, -0.1) is 6.58 Å². The second-order valence-corrected chi connectivity index (χ2v) is 3.99. The number of hydrogen-bond donors (Lipinski definition) is 1. The van der Waals surface area contributed by atoms with Gasteiger partial charge in [-0.1, -0.05) is 6.08 Å². The number of carboxylic acids is 2. The molecule has 5 heteroatoms. The molecule has 15 heavy (non-hydrogen) atoms. The van der Waals surface area contributed by atoms with E-state index in [4.69, 9.17) is 9.90 Å². The molecule has 0 aliphatic rings. The van der Waals surface area contributed by atoms with E-state index in [0.29, 0.717) is 10.9 Å². The van der Waals surface area contributed by atoms with E-state index in [0.717, 1.165) is 6.92 Å². The topological polar surface area (TPSA) is 77.4 Å². The van der Waals surface area contributed by atoms with Crippen molar-refractivity contribution < 1.29 is 24.3 Å². The fourth-order valence-corrected chi connectivity index (χ4v) is 0.887. The number of aliphatic carboxylic acids is 2. The Kier molecular flexibility index (Phi) is 7.51. The highest BCUT2D eigenvalue weighted by Gasteiger charge is 2.22. The fourth-order valence-electron chi connectivity index (χ4n) is 0.887. The lowest BCUT2D eigenvalue weighted by Crippen LogP contribution is -2.54. The third kappa shape index (κ3) is 10.6. The molecule has 0 aliphatic heterocycles. The lowest BCUT2D eigenvalue weighted by molar-refractivity contribution is -0.889. The van der Waals surface area contributed by atoms with Crippen LogP contribution < -0.4 is 5.11 Å². The van der Waals surface area contributed by atoms with Crippen LogP contribution in [-0.4, -0.2) is 48.7 Å². The van der Waals surface area contributed by atoms with Crippen molar-refractivity contribution in [2.24, 2.45) is 0 Å². The van der Waals surface area contributed by atoms with Crippen LogP contribution in [0, 0.1) is 0 Å². The highest BCUT2D eigenvalue weighted by Crippen LogP contribution is 2.06. The number of quaternary nitrogens is 1. The number of rotatable bonds is 4. The van der Waals surface area contributed by atoms with E-state index in [2.05, 4.69) is 6.58 Å². The summed E-state index contributed by atoms with van der Waals surface area (Å²) < 4.78 is 0.369. The summed E-state index contributed by atoms with van der Waals surface area (Å²) in [5, 5.41) is 18.0. The van der Waals surface area contributed by atoms with Gasteiger partial charge < -0.3 is 19.5 Å². The molecule has 0 spiro atoms. The zero-order chi connectivity index (χ0) is 12.6. The number of nitrogens with zero attached hydrogens (tertiary/aromatic N) is 1. The van der Waals surface area contributed by atoms with Crippen LogP contribution in [0.25, 0.3) is 0 Å². The van der Waals surface area contributed by atoms with Crippen molar-refractivity contribution in [3.8, 4) is 0 Å². The van der Waals surface area contributed by atoms with Gasteiger partial charge in [-0.25, -0.2) is 0 Å². The Morgan fingerprint density at radius 1 is 1.47 bits per heavy atom. The average Bonchev–Trinajstić information content (AvgIpc) is 1.95. The second kappa shape index (κ2) is 7.00. The molecule has 0 bridgehead atoms. The summed E-state index contributed by atoms with van der Waals surface area (Å²) in [6.07, 6.45) is 2.05. The summed E-state index contributed by atoms with van der Waals surface area (Å²) in [4.78, 5) is 19.6. The predicted molar refractivity (Wildman–Crippen MR) is 55.0 cm³/mol. The molecule has 0 amide bonds. The molecule has 88 valence electrons. The number of carboxylic acid groups (broad SMARTS) is 2. The van der Waals surface area contributed by atoms with Crippen LogP contribution in [0.1, 0.15) is 13.3 Å². The smallest absolute Gasteiger partial charge is 0.300 e. The van der Waals surface area contributed by atoms with Crippen LogP contribution in [-0.2, 0) is 9.59 Å². The predicted octanol–water partition coefficient (Wildman–Crippen LogP) is -0.522. The van der Waals surface area contributed by atoms with Gasteiger partial charge in [0, 0.05) is 13.3 Å². The first kappa shape index (κ1) is 16.1. The van der Waals surface area contributed by atoms with Gasteiger partial charge in [0.2, 0.25) is 0 Å². The fraction of sp³-hybridized carbons (Fsp3) is 0.600. The summed E-state index contributed by atoms with van der Waals surface area (Å²) in [5.41, 5.74) is 0. The highest BCUT2D eigenvalue weighted by atomic mass is 16.4. The molecule has 0 heterocycles. The van der Waals surface area contributed by atoms with Crippen molar-refractivity contribution in [3.63, 3.8) is 0 Å². The Balaban J connectivity index is 0. The van der Waals surface area contributed by atoms with E-state index in [1.54, 1.807) is 6.08 Å². The van der Waals surface area contributed by atoms with Crippen molar-refractivity contribution >= 4 is 11.9 Å². The van der Waals surface area contributed by atoms with Crippen LogP contribution in [0.3, 0.4) is 0 Å². The number of hydrogen-bond acceptors (Lipinski definition) is 3. The van der Waals surface area contributed by atoms with Gasteiger partial charge in [-0.2, -0.15) is 0 Å². The number of carbonyl (C=O) groups excluding carboxylic acids is 1. The largest absolute Gasteiger partial charge is 0.544 e. The standard InChI is InChI=1S/C8H15NO2.C2H4O2/c1-5-6-7(8(10)11)9(2,3)4;1-2(3)4/h5,7H,1,6H2,2-4H3;1H3,(H,3,4). The number of carbonyl (C=O) groups is 2. The van der Waals surface area contributed by atoms with Gasteiger partial charge in [-0.05, 0) is 0 Å². The summed E-state index contributed by atoms with van der Waals surface area (Å²) in [6, 6.07) is -0.493. The summed E-state index contributed by atoms with van der Waals surface area (Å²) in [5.74, 6) is -1.85. The molecule has 0 saturated heterocycles. The Morgan fingerprint density at radius 2 is 1.80 bits per heavy atom. The average molecular weight is 217 g/mol. The van der Waals surface area contributed by atoms with Crippen LogP contribution >= 0.6 is 0 Å². The van der Waals surface area contributed by atoms with Gasteiger partial charge in [0.25, 0.3) is 5.97 Å². The van der Waals surface area contributed by atoms with E-state index in [1.165, 1.54) is 0 Å². The first-order chi connectivity index (χ1) is 6.62. The van der Waals surface area contributed by atoms with Gasteiger partial charge in [0.05, 0.1) is 27.1 Å². The van der Waals surface area contributed by atoms with Crippen molar-refractivity contribution in [2.45, 2.75) is 19.4 Å². The van der Waals surface area contributed by atoms with E-state index < -0.39 is 18.0 Å². The van der Waals surface area contributed by atoms with E-state index in [9.17, 15) is 9.90 Å². The molecule has 1 unspecified atom stereocenters. The Labute approximate surface area is 90.2 Å². The zero-order valence-electron chi connectivity index (χ0n) is 9.69. The third-order valence-electron chi connectivity index (χ3n) is 1.60. The van der Waals surface area contributed by atoms with Crippen molar-refractivity contribution in [1.82, 2.24) is 0 Å². The molecule has 0 aromatic carbocycles. The van der Waals surface area contributed by atoms with E-state index >= 15 is 0 Å². The molecule has 0 fully saturated rings. The summed E-state index contributed by atoms with van der Waals surface area (Å²) in [7, 11) is 5.47. The maximum absolute atomic E-state index is 10.6. The van der Waals surface area contributed by atoms with Gasteiger partial charge in [-0.3, -0.25) is 4.79 Å². The molecular formula is C10H19NO4. The monoisotopic (exact) mass is 217 g/mol. The highest BCUT2D eigenvalue weighted by molar-refractivity contribution is 5.70. The molecule has 1 N–H and O–H groups in total. The maximum Gasteiger partial charge on any atom is 0.300 e. The van der Waals surface area contributed by atoms with Crippen molar-refractivity contribution in [3.05, 3.63) is 12.7 Å². The molecule has 0 aromatic rings. The molecule has 0 radical (unpaired) electrons. The van der Waals surface area contributed by atoms with Crippen molar-refractivity contribution in [2.75, 3.05) is 21.1 Å². The van der Waals surface area contributed by atoms with Gasteiger partial charge >= 0.3 is 0 Å². The minimum absolute atomic E-state index is 0.369. The Morgan fingerprint density at radius 3 is 1.87 bits per heavy atom. The Hall–Kier alpha value is -1.36. The van der Waals surface area contributed by atoms with Gasteiger partial charge in [0.1, 0.15) is 6.04 Å². The summed E-state index contributed by atoms with van der Waals surface area (Å²) >= 11 is 0. The number of likely N-dealkylation sites (N-methyl/N-ethyl adjacent to an activating group) is 1.